The van der Waals surface area contributed by atoms with E-state index in [0.717, 1.165) is 5.69 Å². The van der Waals surface area contributed by atoms with Crippen LogP contribution < -0.4 is 4.72 Å². The van der Waals surface area contributed by atoms with Gasteiger partial charge in [0.2, 0.25) is 10.0 Å². The minimum absolute atomic E-state index is 0.204. The lowest BCUT2D eigenvalue weighted by Gasteiger charge is -2.07. The zero-order chi connectivity index (χ0) is 15.5. The molecule has 0 amide bonds. The Balaban J connectivity index is 1.91. The summed E-state index contributed by atoms with van der Waals surface area (Å²) in [4.78, 5) is 0. The molecule has 1 N–H and O–H groups in total. The number of hydrogen-bond acceptors (Lipinski definition) is 5. The maximum Gasteiger partial charge on any atom is 0.390 e. The van der Waals surface area contributed by atoms with Crippen LogP contribution in [0.15, 0.2) is 23.0 Å². The summed E-state index contributed by atoms with van der Waals surface area (Å²) in [6.45, 7) is -0.204. The van der Waals surface area contributed by atoms with Crippen LogP contribution in [-0.4, -0.2) is 35.3 Å². The Kier molecular flexibility index (Phi) is 4.64. The predicted octanol–water partition coefficient (Wildman–Crippen LogP) is 1.70. The number of nitrogens with zero attached hydrogens (tertiary/aromatic N) is 3. The molecule has 0 aliphatic heterocycles. The first-order valence-electron chi connectivity index (χ1n) is 5.73. The summed E-state index contributed by atoms with van der Waals surface area (Å²) in [6.07, 6.45) is -4.38. The van der Waals surface area contributed by atoms with Gasteiger partial charge in [0.1, 0.15) is 0 Å². The van der Waals surface area contributed by atoms with Crippen molar-refractivity contribution in [2.24, 2.45) is 0 Å². The summed E-state index contributed by atoms with van der Waals surface area (Å²) in [6, 6.07) is 1.80. The Morgan fingerprint density at radius 3 is 2.76 bits per heavy atom. The summed E-state index contributed by atoms with van der Waals surface area (Å²) in [7, 11) is -4.00. The zero-order valence-electron chi connectivity index (χ0n) is 10.5. The molecule has 0 atom stereocenters. The molecule has 0 unspecified atom stereocenters. The SMILES string of the molecule is O=S(=O)(CCC(F)(F)F)NCc1cn(-c2ccsc2)nn1. The number of sulfonamides is 1. The predicted molar refractivity (Wildman–Crippen MR) is 70.5 cm³/mol. The number of hydrogen-bond donors (Lipinski definition) is 1. The molecule has 0 aromatic carbocycles. The highest BCUT2D eigenvalue weighted by molar-refractivity contribution is 7.89. The van der Waals surface area contributed by atoms with Gasteiger partial charge < -0.3 is 0 Å². The molecule has 0 bridgehead atoms. The molecule has 0 fully saturated rings. The van der Waals surface area contributed by atoms with E-state index < -0.39 is 28.4 Å². The van der Waals surface area contributed by atoms with E-state index in [1.807, 2.05) is 10.8 Å². The highest BCUT2D eigenvalue weighted by atomic mass is 32.2. The molecule has 0 spiro atoms. The normalized spacial score (nSPS) is 12.7. The standard InChI is InChI=1S/C10H11F3N4O2S2/c11-10(12,13)2-4-21(18,19)14-5-8-6-17(16-15-8)9-1-3-20-7-9/h1,3,6-7,14H,2,4-5H2. The van der Waals surface area contributed by atoms with Crippen LogP contribution in [-0.2, 0) is 16.6 Å². The lowest BCUT2D eigenvalue weighted by atomic mass is 10.5. The fourth-order valence-electron chi connectivity index (χ4n) is 1.40. The fraction of sp³-hybridized carbons (Fsp3) is 0.400. The van der Waals surface area contributed by atoms with Crippen LogP contribution in [0.25, 0.3) is 5.69 Å². The van der Waals surface area contributed by atoms with Gasteiger partial charge in [-0.05, 0) is 11.4 Å². The van der Waals surface area contributed by atoms with Crippen molar-refractivity contribution in [1.29, 1.82) is 0 Å². The minimum Gasteiger partial charge on any atom is -0.220 e. The third-order valence-electron chi connectivity index (χ3n) is 2.44. The number of thiophene rings is 1. The lowest BCUT2D eigenvalue weighted by molar-refractivity contribution is -0.129. The second-order valence-corrected chi connectivity index (χ2v) is 6.85. The van der Waals surface area contributed by atoms with E-state index in [1.54, 1.807) is 6.07 Å². The van der Waals surface area contributed by atoms with Crippen molar-refractivity contribution in [1.82, 2.24) is 19.7 Å². The summed E-state index contributed by atoms with van der Waals surface area (Å²) >= 11 is 1.46. The van der Waals surface area contributed by atoms with Gasteiger partial charge in [-0.2, -0.15) is 24.5 Å². The number of rotatable bonds is 6. The molecule has 0 saturated carbocycles. The van der Waals surface area contributed by atoms with Crippen molar-refractivity contribution in [2.75, 3.05) is 5.75 Å². The van der Waals surface area contributed by atoms with Gasteiger partial charge in [-0.3, -0.25) is 0 Å². The molecule has 11 heteroatoms. The van der Waals surface area contributed by atoms with E-state index in [0.29, 0.717) is 5.69 Å². The quantitative estimate of drug-likeness (QED) is 0.868. The van der Waals surface area contributed by atoms with Crippen molar-refractivity contribution in [3.8, 4) is 5.69 Å². The summed E-state index contributed by atoms with van der Waals surface area (Å²) in [5, 5.41) is 11.2. The van der Waals surface area contributed by atoms with E-state index in [4.69, 9.17) is 0 Å². The highest BCUT2D eigenvalue weighted by Gasteiger charge is 2.29. The molecule has 2 aromatic heterocycles. The third-order valence-corrected chi connectivity index (χ3v) is 4.44. The molecule has 0 saturated heterocycles. The first-order chi connectivity index (χ1) is 9.75. The number of nitrogens with one attached hydrogen (secondary N) is 1. The molecule has 116 valence electrons. The summed E-state index contributed by atoms with van der Waals surface area (Å²) in [5.41, 5.74) is 1.09. The van der Waals surface area contributed by atoms with Crippen molar-refractivity contribution in [3.63, 3.8) is 0 Å². The van der Waals surface area contributed by atoms with Crippen LogP contribution in [0.3, 0.4) is 0 Å². The van der Waals surface area contributed by atoms with E-state index in [1.165, 1.54) is 22.2 Å². The van der Waals surface area contributed by atoms with Crippen molar-refractivity contribution < 1.29 is 21.6 Å². The molecule has 2 heterocycles. The summed E-state index contributed by atoms with van der Waals surface area (Å²) < 4.78 is 62.3. The van der Waals surface area contributed by atoms with E-state index in [9.17, 15) is 21.6 Å². The van der Waals surface area contributed by atoms with Crippen LogP contribution in [0.2, 0.25) is 0 Å². The molecule has 2 rings (SSSR count). The van der Waals surface area contributed by atoms with Crippen molar-refractivity contribution in [2.45, 2.75) is 19.1 Å². The zero-order valence-corrected chi connectivity index (χ0v) is 12.2. The molecule has 0 radical (unpaired) electrons. The van der Waals surface area contributed by atoms with Gasteiger partial charge in [-0.25, -0.2) is 17.8 Å². The van der Waals surface area contributed by atoms with Crippen molar-refractivity contribution >= 4 is 21.4 Å². The monoisotopic (exact) mass is 340 g/mol. The lowest BCUT2D eigenvalue weighted by Crippen LogP contribution is -2.28. The maximum absolute atomic E-state index is 12.0. The Labute approximate surface area is 122 Å². The van der Waals surface area contributed by atoms with Crippen molar-refractivity contribution in [3.05, 3.63) is 28.7 Å². The van der Waals surface area contributed by atoms with Crippen LogP contribution >= 0.6 is 11.3 Å². The van der Waals surface area contributed by atoms with Crippen LogP contribution in [0.5, 0.6) is 0 Å². The summed E-state index contributed by atoms with van der Waals surface area (Å²) in [5.74, 6) is -1.00. The van der Waals surface area contributed by atoms with Gasteiger partial charge in [0.05, 0.1) is 36.3 Å². The average Bonchev–Trinajstić information content (AvgIpc) is 3.04. The van der Waals surface area contributed by atoms with Gasteiger partial charge in [0.15, 0.2) is 0 Å². The Hall–Kier alpha value is -1.46. The van der Waals surface area contributed by atoms with Crippen LogP contribution in [0.4, 0.5) is 13.2 Å². The van der Waals surface area contributed by atoms with E-state index in [2.05, 4.69) is 15.0 Å². The van der Waals surface area contributed by atoms with E-state index in [-0.39, 0.29) is 6.54 Å². The van der Waals surface area contributed by atoms with Gasteiger partial charge in [-0.1, -0.05) is 5.21 Å². The Morgan fingerprint density at radius 2 is 2.14 bits per heavy atom. The van der Waals surface area contributed by atoms with Crippen LogP contribution in [0.1, 0.15) is 12.1 Å². The largest absolute Gasteiger partial charge is 0.390 e. The highest BCUT2D eigenvalue weighted by Crippen LogP contribution is 2.19. The Morgan fingerprint density at radius 1 is 1.38 bits per heavy atom. The average molecular weight is 340 g/mol. The third kappa shape index (κ3) is 5.10. The molecule has 2 aromatic rings. The molecular weight excluding hydrogens is 329 g/mol. The first-order valence-corrected chi connectivity index (χ1v) is 8.32. The maximum atomic E-state index is 12.0. The van der Waals surface area contributed by atoms with Crippen LogP contribution in [0, 0.1) is 0 Å². The number of alkyl halides is 3. The van der Waals surface area contributed by atoms with Gasteiger partial charge in [-0.15, -0.1) is 5.10 Å². The van der Waals surface area contributed by atoms with Gasteiger partial charge in [0, 0.05) is 5.38 Å². The second kappa shape index (κ2) is 6.12. The number of halogens is 3. The topological polar surface area (TPSA) is 76.9 Å². The molecule has 6 nitrogen and oxygen atoms in total. The fourth-order valence-corrected chi connectivity index (χ4v) is 3.03. The minimum atomic E-state index is -4.50. The van der Waals surface area contributed by atoms with Gasteiger partial charge >= 0.3 is 6.18 Å². The first kappa shape index (κ1) is 15.9. The molecular formula is C10H11F3N4O2S2. The molecule has 0 aliphatic carbocycles. The van der Waals surface area contributed by atoms with E-state index >= 15 is 0 Å². The van der Waals surface area contributed by atoms with Gasteiger partial charge in [0.25, 0.3) is 0 Å². The molecule has 0 aliphatic rings. The Bertz CT molecular complexity index is 679. The molecule has 21 heavy (non-hydrogen) atoms. The second-order valence-electron chi connectivity index (χ2n) is 4.14. The number of aromatic nitrogens is 3. The smallest absolute Gasteiger partial charge is 0.220 e.